The van der Waals surface area contributed by atoms with Crippen LogP contribution < -0.4 is 5.32 Å². The van der Waals surface area contributed by atoms with E-state index >= 15 is 0 Å². The standard InChI is InChI=1S/C26H28N4O3/c1-32-17-22-11-10-21(33-22)16-30-14-12-19(13-15-30)26(31)27-20-8-6-18(7-9-20)25-28-23-4-2-3-5-24(23)29-25/h2-11,19H,12-17H2,1H3,(H,27,31)(H,28,29). The highest BCUT2D eigenvalue weighted by molar-refractivity contribution is 5.93. The predicted molar refractivity (Wildman–Crippen MR) is 128 cm³/mol. The number of hydrogen-bond donors (Lipinski definition) is 2. The molecule has 1 saturated heterocycles. The van der Waals surface area contributed by atoms with Crippen LogP contribution in [0.4, 0.5) is 5.69 Å². The smallest absolute Gasteiger partial charge is 0.227 e. The van der Waals surface area contributed by atoms with E-state index in [1.54, 1.807) is 7.11 Å². The molecule has 1 aliphatic rings. The first-order valence-electron chi connectivity index (χ1n) is 11.3. The molecule has 7 nitrogen and oxygen atoms in total. The van der Waals surface area contributed by atoms with Crippen LogP contribution in [0.25, 0.3) is 22.4 Å². The summed E-state index contributed by atoms with van der Waals surface area (Å²) in [5.41, 5.74) is 3.75. The number of para-hydroxylation sites is 2. The van der Waals surface area contributed by atoms with E-state index in [2.05, 4.69) is 20.2 Å². The van der Waals surface area contributed by atoms with Crippen molar-refractivity contribution in [2.75, 3.05) is 25.5 Å². The number of aromatic nitrogens is 2. The second kappa shape index (κ2) is 9.60. The number of nitrogens with zero attached hydrogens (tertiary/aromatic N) is 2. The number of likely N-dealkylation sites (tertiary alicyclic amines) is 1. The van der Waals surface area contributed by atoms with Gasteiger partial charge in [-0.15, -0.1) is 0 Å². The molecule has 0 radical (unpaired) electrons. The third-order valence-electron chi connectivity index (χ3n) is 6.16. The maximum atomic E-state index is 12.8. The lowest BCUT2D eigenvalue weighted by atomic mass is 9.95. The van der Waals surface area contributed by atoms with Gasteiger partial charge in [-0.3, -0.25) is 9.69 Å². The number of amides is 1. The molecular formula is C26H28N4O3. The molecule has 0 aliphatic carbocycles. The molecule has 4 aromatic rings. The number of methoxy groups -OCH3 is 1. The fourth-order valence-corrected chi connectivity index (χ4v) is 4.35. The van der Waals surface area contributed by atoms with Crippen LogP contribution in [0.1, 0.15) is 24.4 Å². The lowest BCUT2D eigenvalue weighted by Crippen LogP contribution is -2.37. The number of piperidine rings is 1. The monoisotopic (exact) mass is 444 g/mol. The van der Waals surface area contributed by atoms with Crippen LogP contribution in [-0.4, -0.2) is 41.0 Å². The van der Waals surface area contributed by atoms with Gasteiger partial charge in [0.2, 0.25) is 5.91 Å². The van der Waals surface area contributed by atoms with Crippen LogP contribution in [0.3, 0.4) is 0 Å². The summed E-state index contributed by atoms with van der Waals surface area (Å²) < 4.78 is 10.9. The fraction of sp³-hybridized carbons (Fsp3) is 0.308. The van der Waals surface area contributed by atoms with Crippen LogP contribution in [0.15, 0.2) is 65.1 Å². The summed E-state index contributed by atoms with van der Waals surface area (Å²) in [4.78, 5) is 23.1. The second-order valence-electron chi connectivity index (χ2n) is 8.52. The maximum Gasteiger partial charge on any atom is 0.227 e. The van der Waals surface area contributed by atoms with E-state index in [9.17, 15) is 4.79 Å². The van der Waals surface area contributed by atoms with Gasteiger partial charge >= 0.3 is 0 Å². The molecule has 0 unspecified atom stereocenters. The molecule has 1 aliphatic heterocycles. The van der Waals surface area contributed by atoms with Crippen molar-refractivity contribution in [1.29, 1.82) is 0 Å². The highest BCUT2D eigenvalue weighted by atomic mass is 16.5. The van der Waals surface area contributed by atoms with Gasteiger partial charge in [-0.1, -0.05) is 12.1 Å². The van der Waals surface area contributed by atoms with Gasteiger partial charge < -0.3 is 19.5 Å². The lowest BCUT2D eigenvalue weighted by molar-refractivity contribution is -0.121. The Bertz CT molecular complexity index is 1190. The zero-order valence-corrected chi connectivity index (χ0v) is 18.7. The van der Waals surface area contributed by atoms with Gasteiger partial charge in [0.15, 0.2) is 0 Å². The van der Waals surface area contributed by atoms with E-state index in [1.807, 2.05) is 60.7 Å². The number of aromatic amines is 1. The van der Waals surface area contributed by atoms with Crippen molar-refractivity contribution >= 4 is 22.6 Å². The minimum atomic E-state index is 0.0250. The van der Waals surface area contributed by atoms with Gasteiger partial charge in [0, 0.05) is 24.3 Å². The number of hydrogen-bond acceptors (Lipinski definition) is 5. The van der Waals surface area contributed by atoms with Crippen molar-refractivity contribution in [3.8, 4) is 11.4 Å². The molecule has 0 bridgehead atoms. The lowest BCUT2D eigenvalue weighted by Gasteiger charge is -2.30. The zero-order valence-electron chi connectivity index (χ0n) is 18.7. The number of imidazole rings is 1. The van der Waals surface area contributed by atoms with Crippen molar-refractivity contribution in [2.45, 2.75) is 26.0 Å². The van der Waals surface area contributed by atoms with Gasteiger partial charge in [0.05, 0.1) is 17.6 Å². The number of H-pyrrole nitrogens is 1. The number of anilines is 1. The van der Waals surface area contributed by atoms with Crippen molar-refractivity contribution < 1.29 is 13.9 Å². The molecule has 0 spiro atoms. The summed E-state index contributed by atoms with van der Waals surface area (Å²) in [6.45, 7) is 3.01. The largest absolute Gasteiger partial charge is 0.462 e. The average Bonchev–Trinajstić information content (AvgIpc) is 3.47. The summed E-state index contributed by atoms with van der Waals surface area (Å²) in [7, 11) is 1.66. The summed E-state index contributed by atoms with van der Waals surface area (Å²) >= 11 is 0. The molecule has 3 heterocycles. The molecule has 33 heavy (non-hydrogen) atoms. The molecule has 1 fully saturated rings. The molecule has 0 saturated carbocycles. The van der Waals surface area contributed by atoms with E-state index < -0.39 is 0 Å². The first-order valence-corrected chi connectivity index (χ1v) is 11.3. The Balaban J connectivity index is 1.13. The molecule has 5 rings (SSSR count). The Morgan fingerprint density at radius 2 is 1.85 bits per heavy atom. The minimum Gasteiger partial charge on any atom is -0.462 e. The normalized spacial score (nSPS) is 15.2. The van der Waals surface area contributed by atoms with E-state index in [0.717, 1.165) is 72.1 Å². The van der Waals surface area contributed by atoms with Crippen LogP contribution in [-0.2, 0) is 22.7 Å². The number of ether oxygens (including phenoxy) is 1. The number of benzene rings is 2. The Morgan fingerprint density at radius 1 is 1.09 bits per heavy atom. The first-order chi connectivity index (χ1) is 16.2. The second-order valence-corrected chi connectivity index (χ2v) is 8.52. The van der Waals surface area contributed by atoms with E-state index in [1.165, 1.54) is 0 Å². The highest BCUT2D eigenvalue weighted by Crippen LogP contribution is 2.24. The molecule has 2 aromatic carbocycles. The predicted octanol–water partition coefficient (Wildman–Crippen LogP) is 4.82. The van der Waals surface area contributed by atoms with Gasteiger partial charge in [0.25, 0.3) is 0 Å². The molecule has 1 amide bonds. The minimum absolute atomic E-state index is 0.0250. The third-order valence-corrected chi connectivity index (χ3v) is 6.16. The molecule has 2 aromatic heterocycles. The van der Waals surface area contributed by atoms with Crippen LogP contribution in [0.5, 0.6) is 0 Å². The number of rotatable bonds is 7. The van der Waals surface area contributed by atoms with E-state index in [0.29, 0.717) is 6.61 Å². The van der Waals surface area contributed by atoms with Gasteiger partial charge in [-0.2, -0.15) is 0 Å². The summed E-state index contributed by atoms with van der Waals surface area (Å²) in [6.07, 6.45) is 1.68. The number of fused-ring (bicyclic) bond motifs is 1. The van der Waals surface area contributed by atoms with Crippen molar-refractivity contribution in [3.63, 3.8) is 0 Å². The SMILES string of the molecule is COCc1ccc(CN2CCC(C(=O)Nc3ccc(-c4nc5ccccc5[nH]4)cc3)CC2)o1. The Labute approximate surface area is 192 Å². The first kappa shape index (κ1) is 21.4. The highest BCUT2D eigenvalue weighted by Gasteiger charge is 2.25. The van der Waals surface area contributed by atoms with Crippen molar-refractivity contribution in [2.24, 2.45) is 5.92 Å². The fourth-order valence-electron chi connectivity index (χ4n) is 4.35. The maximum absolute atomic E-state index is 12.8. The van der Waals surface area contributed by atoms with Gasteiger partial charge in [-0.05, 0) is 74.5 Å². The summed E-state index contributed by atoms with van der Waals surface area (Å²) in [5.74, 6) is 2.72. The number of nitrogens with one attached hydrogen (secondary N) is 2. The molecule has 7 heteroatoms. The zero-order chi connectivity index (χ0) is 22.6. The van der Waals surface area contributed by atoms with E-state index in [4.69, 9.17) is 9.15 Å². The van der Waals surface area contributed by atoms with Crippen molar-refractivity contribution in [1.82, 2.24) is 14.9 Å². The number of furan rings is 1. The number of carbonyl (C=O) groups is 1. The quantitative estimate of drug-likeness (QED) is 0.427. The van der Waals surface area contributed by atoms with E-state index in [-0.39, 0.29) is 11.8 Å². The van der Waals surface area contributed by atoms with Gasteiger partial charge in [-0.25, -0.2) is 4.98 Å². The molecule has 2 N–H and O–H groups in total. The number of carbonyl (C=O) groups excluding carboxylic acids is 1. The summed E-state index contributed by atoms with van der Waals surface area (Å²) in [5, 5.41) is 3.08. The molecular weight excluding hydrogens is 416 g/mol. The molecule has 170 valence electrons. The summed E-state index contributed by atoms with van der Waals surface area (Å²) in [6, 6.07) is 19.8. The average molecular weight is 445 g/mol. The Morgan fingerprint density at radius 3 is 2.61 bits per heavy atom. The van der Waals surface area contributed by atoms with Gasteiger partial charge in [0.1, 0.15) is 24.0 Å². The topological polar surface area (TPSA) is 83.4 Å². The van der Waals surface area contributed by atoms with Crippen molar-refractivity contribution in [3.05, 3.63) is 72.2 Å². The van der Waals surface area contributed by atoms with Crippen LogP contribution in [0.2, 0.25) is 0 Å². The Kier molecular flexibility index (Phi) is 6.24. The van der Waals surface area contributed by atoms with Crippen LogP contribution in [0, 0.1) is 5.92 Å². The molecule has 0 atom stereocenters. The third kappa shape index (κ3) is 4.99. The van der Waals surface area contributed by atoms with Crippen LogP contribution >= 0.6 is 0 Å². The Hall–Kier alpha value is -3.42.